The third kappa shape index (κ3) is 1.40. The molecular weight excluding hydrogens is 256 g/mol. The lowest BCUT2D eigenvalue weighted by Gasteiger charge is -2.01. The molecule has 0 saturated carbocycles. The normalized spacial score (nSPS) is 11.4. The lowest BCUT2D eigenvalue weighted by Crippen LogP contribution is -2.11. The highest BCUT2D eigenvalue weighted by atomic mass is 16.1. The van der Waals surface area contributed by atoms with Crippen molar-refractivity contribution in [3.05, 3.63) is 47.3 Å². The summed E-state index contributed by atoms with van der Waals surface area (Å²) in [5.74, 6) is 0.480. The molecule has 0 radical (unpaired) electrons. The molecule has 1 aromatic carbocycles. The van der Waals surface area contributed by atoms with Gasteiger partial charge in [-0.1, -0.05) is 12.1 Å². The van der Waals surface area contributed by atoms with Crippen molar-refractivity contribution in [2.24, 2.45) is 7.05 Å². The predicted molar refractivity (Wildman–Crippen MR) is 73.8 cm³/mol. The first-order chi connectivity index (χ1) is 9.74. The fourth-order valence-corrected chi connectivity index (χ4v) is 2.23. The molecule has 1 N–H and O–H groups in total. The minimum Gasteiger partial charge on any atom is -0.292 e. The quantitative estimate of drug-likeness (QED) is 0.557. The van der Waals surface area contributed by atoms with Crippen LogP contribution in [0.2, 0.25) is 0 Å². The maximum atomic E-state index is 11.6. The van der Waals surface area contributed by atoms with E-state index >= 15 is 0 Å². The number of imidazole rings is 2. The first-order valence-corrected chi connectivity index (χ1v) is 6.08. The fraction of sp³-hybridized carbons (Fsp3) is 0.0769. The van der Waals surface area contributed by atoms with Gasteiger partial charge >= 0.3 is 5.69 Å². The van der Waals surface area contributed by atoms with Gasteiger partial charge in [-0.25, -0.2) is 14.8 Å². The van der Waals surface area contributed by atoms with Crippen LogP contribution in [0.15, 0.2) is 41.6 Å². The molecule has 7 nitrogen and oxygen atoms in total. The van der Waals surface area contributed by atoms with Crippen molar-refractivity contribution in [1.29, 1.82) is 0 Å². The lowest BCUT2D eigenvalue weighted by atomic mass is 10.3. The zero-order valence-electron chi connectivity index (χ0n) is 10.6. The van der Waals surface area contributed by atoms with Crippen molar-refractivity contribution >= 4 is 22.2 Å². The second-order valence-electron chi connectivity index (χ2n) is 4.50. The largest absolute Gasteiger partial charge is 0.327 e. The minimum atomic E-state index is -0.207. The molecule has 20 heavy (non-hydrogen) atoms. The van der Waals surface area contributed by atoms with E-state index < -0.39 is 0 Å². The van der Waals surface area contributed by atoms with E-state index in [4.69, 9.17) is 0 Å². The zero-order chi connectivity index (χ0) is 13.7. The topological polar surface area (TPSA) is 81.4 Å². The van der Waals surface area contributed by atoms with E-state index in [1.807, 2.05) is 24.3 Å². The smallest absolute Gasteiger partial charge is 0.292 e. The van der Waals surface area contributed by atoms with Crippen LogP contribution in [0.3, 0.4) is 0 Å². The van der Waals surface area contributed by atoms with Crippen molar-refractivity contribution in [3.8, 4) is 5.95 Å². The first kappa shape index (κ1) is 10.9. The molecule has 0 amide bonds. The summed E-state index contributed by atoms with van der Waals surface area (Å²) in [7, 11) is 1.68. The molecule has 98 valence electrons. The van der Waals surface area contributed by atoms with Crippen LogP contribution in [0, 0.1) is 0 Å². The number of aromatic nitrogens is 6. The Morgan fingerprint density at radius 1 is 1.15 bits per heavy atom. The molecule has 3 heterocycles. The third-order valence-electron chi connectivity index (χ3n) is 3.32. The van der Waals surface area contributed by atoms with E-state index in [-0.39, 0.29) is 5.69 Å². The van der Waals surface area contributed by atoms with Crippen LogP contribution in [0.1, 0.15) is 0 Å². The van der Waals surface area contributed by atoms with Crippen LogP contribution < -0.4 is 5.69 Å². The summed E-state index contributed by atoms with van der Waals surface area (Å²) < 4.78 is 3.27. The van der Waals surface area contributed by atoms with Gasteiger partial charge in [0.2, 0.25) is 5.95 Å². The van der Waals surface area contributed by atoms with Gasteiger partial charge in [-0.15, -0.1) is 0 Å². The van der Waals surface area contributed by atoms with Crippen LogP contribution in [-0.4, -0.2) is 29.1 Å². The Balaban J connectivity index is 2.00. The number of nitrogens with zero attached hydrogens (tertiary/aromatic N) is 5. The highest BCUT2D eigenvalue weighted by Crippen LogP contribution is 2.16. The summed E-state index contributed by atoms with van der Waals surface area (Å²) in [4.78, 5) is 27.3. The molecule has 0 fully saturated rings. The summed E-state index contributed by atoms with van der Waals surface area (Å²) in [6.45, 7) is 0. The van der Waals surface area contributed by atoms with Crippen LogP contribution in [0.4, 0.5) is 0 Å². The predicted octanol–water partition coefficient (Wildman–Crippen LogP) is 0.995. The van der Waals surface area contributed by atoms with Crippen LogP contribution >= 0.6 is 0 Å². The van der Waals surface area contributed by atoms with E-state index in [0.29, 0.717) is 17.1 Å². The van der Waals surface area contributed by atoms with E-state index in [9.17, 15) is 4.79 Å². The summed E-state index contributed by atoms with van der Waals surface area (Å²) in [6.07, 6.45) is 3.30. The highest BCUT2D eigenvalue weighted by molar-refractivity contribution is 5.77. The summed E-state index contributed by atoms with van der Waals surface area (Å²) in [5.41, 5.74) is 2.77. The molecule has 0 aliphatic rings. The van der Waals surface area contributed by atoms with Gasteiger partial charge in [0.15, 0.2) is 5.65 Å². The molecule has 0 aliphatic carbocycles. The second kappa shape index (κ2) is 3.77. The van der Waals surface area contributed by atoms with Gasteiger partial charge < -0.3 is 0 Å². The molecule has 4 aromatic rings. The van der Waals surface area contributed by atoms with Gasteiger partial charge in [-0.3, -0.25) is 14.1 Å². The number of hydrogen-bond acceptors (Lipinski definition) is 4. The van der Waals surface area contributed by atoms with Crippen LogP contribution in [-0.2, 0) is 7.05 Å². The molecule has 0 bridgehead atoms. The Morgan fingerprint density at radius 3 is 2.90 bits per heavy atom. The standard InChI is InChI=1S/C13H10N6O/c1-18-10-6-14-12(16-11(10)17-13(18)20)19-7-15-8-4-2-3-5-9(8)19/h2-7H,1H3,(H,14,16,17,20). The third-order valence-corrected chi connectivity index (χ3v) is 3.32. The van der Waals surface area contributed by atoms with Gasteiger partial charge in [0.1, 0.15) is 11.8 Å². The van der Waals surface area contributed by atoms with Gasteiger partial charge in [0, 0.05) is 7.05 Å². The molecule has 0 aliphatic heterocycles. The monoisotopic (exact) mass is 266 g/mol. The Labute approximate surface area is 112 Å². The molecule has 0 atom stereocenters. The lowest BCUT2D eigenvalue weighted by molar-refractivity contribution is 0.888. The van der Waals surface area contributed by atoms with Crippen molar-refractivity contribution in [3.63, 3.8) is 0 Å². The van der Waals surface area contributed by atoms with Crippen molar-refractivity contribution in [2.75, 3.05) is 0 Å². The fourth-order valence-electron chi connectivity index (χ4n) is 2.23. The number of nitrogens with one attached hydrogen (secondary N) is 1. The average molecular weight is 266 g/mol. The first-order valence-electron chi connectivity index (χ1n) is 6.08. The molecule has 0 unspecified atom stereocenters. The number of aromatic amines is 1. The maximum absolute atomic E-state index is 11.6. The van der Waals surface area contributed by atoms with Crippen molar-refractivity contribution in [2.45, 2.75) is 0 Å². The van der Waals surface area contributed by atoms with E-state index in [0.717, 1.165) is 11.0 Å². The Hall–Kier alpha value is -2.96. The summed E-state index contributed by atoms with van der Waals surface area (Å²) >= 11 is 0. The van der Waals surface area contributed by atoms with Crippen LogP contribution in [0.25, 0.3) is 28.1 Å². The van der Waals surface area contributed by atoms with Gasteiger partial charge in [-0.2, -0.15) is 4.98 Å². The summed E-state index contributed by atoms with van der Waals surface area (Å²) in [6, 6.07) is 7.74. The Morgan fingerprint density at radius 2 is 2.00 bits per heavy atom. The van der Waals surface area contributed by atoms with Gasteiger partial charge in [0.05, 0.1) is 17.2 Å². The van der Waals surface area contributed by atoms with Gasteiger partial charge in [-0.05, 0) is 12.1 Å². The number of hydrogen-bond donors (Lipinski definition) is 1. The molecule has 0 spiro atoms. The minimum absolute atomic E-state index is 0.207. The molecule has 0 saturated heterocycles. The van der Waals surface area contributed by atoms with Crippen molar-refractivity contribution < 1.29 is 0 Å². The number of rotatable bonds is 1. The number of para-hydroxylation sites is 2. The SMILES string of the molecule is Cn1c(=O)[nH]c2nc(-n3cnc4ccccc43)ncc21. The molecular formula is C13H10N6O. The average Bonchev–Trinajstić information content (AvgIpc) is 3.01. The molecule has 3 aromatic heterocycles. The Kier molecular flexibility index (Phi) is 2.06. The number of fused-ring (bicyclic) bond motifs is 2. The van der Waals surface area contributed by atoms with Crippen molar-refractivity contribution in [1.82, 2.24) is 29.1 Å². The Bertz CT molecular complexity index is 993. The highest BCUT2D eigenvalue weighted by Gasteiger charge is 2.10. The maximum Gasteiger partial charge on any atom is 0.327 e. The zero-order valence-corrected chi connectivity index (χ0v) is 10.6. The molecule has 7 heteroatoms. The number of benzene rings is 1. The van der Waals surface area contributed by atoms with E-state index in [2.05, 4.69) is 19.9 Å². The summed E-state index contributed by atoms with van der Waals surface area (Å²) in [5, 5.41) is 0. The van der Waals surface area contributed by atoms with E-state index in [1.165, 1.54) is 4.57 Å². The number of aryl methyl sites for hydroxylation is 1. The van der Waals surface area contributed by atoms with Crippen LogP contribution in [0.5, 0.6) is 0 Å². The van der Waals surface area contributed by atoms with E-state index in [1.54, 1.807) is 24.1 Å². The van der Waals surface area contributed by atoms with Gasteiger partial charge in [0.25, 0.3) is 0 Å². The molecule has 4 rings (SSSR count). The number of H-pyrrole nitrogens is 1. The second-order valence-corrected chi connectivity index (χ2v) is 4.50.